The predicted octanol–water partition coefficient (Wildman–Crippen LogP) is 3.74. The molecule has 2 aromatic rings. The highest BCUT2D eigenvalue weighted by Gasteiger charge is 2.10. The van der Waals surface area contributed by atoms with Crippen LogP contribution in [0.15, 0.2) is 48.5 Å². The number of hydrogen-bond donors (Lipinski definition) is 1. The second-order valence-corrected chi connectivity index (χ2v) is 3.79. The number of hydrogen-bond acceptors (Lipinski definition) is 2. The zero-order chi connectivity index (χ0) is 11.5. The largest absolute Gasteiger partial charge is 0.399 e. The van der Waals surface area contributed by atoms with Crippen molar-refractivity contribution in [2.45, 2.75) is 0 Å². The van der Waals surface area contributed by atoms with Gasteiger partial charge in [-0.2, -0.15) is 0 Å². The standard InChI is InChI=1S/C13H10ClNO.ClH/c14-13(16)11-7-6-10(15)8-12(11)9-4-2-1-3-5-9;/h1-8H,15H2;1H. The van der Waals surface area contributed by atoms with Gasteiger partial charge in [-0.15, -0.1) is 12.4 Å². The Labute approximate surface area is 111 Å². The highest BCUT2D eigenvalue weighted by Crippen LogP contribution is 2.26. The molecule has 17 heavy (non-hydrogen) atoms. The van der Waals surface area contributed by atoms with E-state index in [1.165, 1.54) is 0 Å². The summed E-state index contributed by atoms with van der Waals surface area (Å²) in [7, 11) is 0. The Morgan fingerprint density at radius 1 is 1.06 bits per heavy atom. The van der Waals surface area contributed by atoms with Crippen LogP contribution in [0.5, 0.6) is 0 Å². The third-order valence-electron chi connectivity index (χ3n) is 2.34. The molecule has 0 saturated heterocycles. The quantitative estimate of drug-likeness (QED) is 0.666. The summed E-state index contributed by atoms with van der Waals surface area (Å²) in [5.74, 6) is 0. The van der Waals surface area contributed by atoms with E-state index in [2.05, 4.69) is 0 Å². The van der Waals surface area contributed by atoms with Crippen LogP contribution in [-0.2, 0) is 0 Å². The lowest BCUT2D eigenvalue weighted by molar-refractivity contribution is 0.108. The van der Waals surface area contributed by atoms with Gasteiger partial charge in [0.05, 0.1) is 0 Å². The van der Waals surface area contributed by atoms with E-state index in [1.54, 1.807) is 18.2 Å². The van der Waals surface area contributed by atoms with E-state index in [9.17, 15) is 4.79 Å². The van der Waals surface area contributed by atoms with Crippen LogP contribution in [0.1, 0.15) is 10.4 Å². The van der Waals surface area contributed by atoms with Crippen molar-refractivity contribution in [1.82, 2.24) is 0 Å². The van der Waals surface area contributed by atoms with E-state index < -0.39 is 5.24 Å². The first-order valence-corrected chi connectivity index (χ1v) is 5.21. The molecule has 0 saturated carbocycles. The van der Waals surface area contributed by atoms with Crippen molar-refractivity contribution in [2.75, 3.05) is 5.73 Å². The summed E-state index contributed by atoms with van der Waals surface area (Å²) in [6.07, 6.45) is 0. The SMILES string of the molecule is Cl.Nc1ccc(C(=O)Cl)c(-c2ccccc2)c1. The number of nitrogens with two attached hydrogens (primary N) is 1. The molecule has 0 fully saturated rings. The van der Waals surface area contributed by atoms with Gasteiger partial charge in [0, 0.05) is 11.3 Å². The van der Waals surface area contributed by atoms with Gasteiger partial charge in [0.15, 0.2) is 0 Å². The minimum absolute atomic E-state index is 0. The second-order valence-electron chi connectivity index (χ2n) is 3.44. The van der Waals surface area contributed by atoms with Gasteiger partial charge in [-0.05, 0) is 40.9 Å². The average Bonchev–Trinajstić information content (AvgIpc) is 2.29. The number of rotatable bonds is 2. The summed E-state index contributed by atoms with van der Waals surface area (Å²) < 4.78 is 0. The first kappa shape index (κ1) is 13.6. The van der Waals surface area contributed by atoms with Crippen molar-refractivity contribution in [3.8, 4) is 11.1 Å². The fourth-order valence-corrected chi connectivity index (χ4v) is 1.75. The van der Waals surface area contributed by atoms with E-state index in [-0.39, 0.29) is 12.4 Å². The van der Waals surface area contributed by atoms with E-state index in [0.717, 1.165) is 11.1 Å². The molecule has 0 amide bonds. The van der Waals surface area contributed by atoms with Crippen molar-refractivity contribution in [1.29, 1.82) is 0 Å². The molecule has 88 valence electrons. The van der Waals surface area contributed by atoms with E-state index >= 15 is 0 Å². The molecule has 0 bridgehead atoms. The Hall–Kier alpha value is -1.51. The zero-order valence-electron chi connectivity index (χ0n) is 8.89. The summed E-state index contributed by atoms with van der Waals surface area (Å²) in [5.41, 5.74) is 8.49. The van der Waals surface area contributed by atoms with Crippen LogP contribution in [0.2, 0.25) is 0 Å². The molecule has 2 aromatic carbocycles. The molecule has 0 spiro atoms. The average molecular weight is 268 g/mol. The molecular weight excluding hydrogens is 257 g/mol. The predicted molar refractivity (Wildman–Crippen MR) is 73.7 cm³/mol. The van der Waals surface area contributed by atoms with E-state index in [0.29, 0.717) is 11.3 Å². The molecule has 0 atom stereocenters. The van der Waals surface area contributed by atoms with Crippen molar-refractivity contribution in [3.05, 3.63) is 54.1 Å². The summed E-state index contributed by atoms with van der Waals surface area (Å²) in [5, 5.41) is -0.473. The Balaban J connectivity index is 0.00000144. The van der Waals surface area contributed by atoms with Crippen LogP contribution in [-0.4, -0.2) is 5.24 Å². The Morgan fingerprint density at radius 2 is 1.71 bits per heavy atom. The third-order valence-corrected chi connectivity index (χ3v) is 2.54. The lowest BCUT2D eigenvalue weighted by Crippen LogP contribution is -1.95. The molecule has 0 aliphatic heterocycles. The molecular formula is C13H11Cl2NO. The van der Waals surface area contributed by atoms with Gasteiger partial charge >= 0.3 is 0 Å². The molecule has 0 aliphatic rings. The lowest BCUT2D eigenvalue weighted by atomic mass is 10.00. The maximum Gasteiger partial charge on any atom is 0.253 e. The highest BCUT2D eigenvalue weighted by molar-refractivity contribution is 6.68. The first-order valence-electron chi connectivity index (χ1n) is 4.83. The lowest BCUT2D eigenvalue weighted by Gasteiger charge is -2.07. The van der Waals surface area contributed by atoms with Crippen molar-refractivity contribution < 1.29 is 4.79 Å². The first-order chi connectivity index (χ1) is 7.68. The molecule has 2 rings (SSSR count). The number of carbonyl (C=O) groups excluding carboxylic acids is 1. The van der Waals surface area contributed by atoms with Gasteiger partial charge < -0.3 is 5.73 Å². The van der Waals surface area contributed by atoms with Crippen LogP contribution in [0.4, 0.5) is 5.69 Å². The molecule has 0 radical (unpaired) electrons. The topological polar surface area (TPSA) is 43.1 Å². The van der Waals surface area contributed by atoms with Gasteiger partial charge in [-0.1, -0.05) is 30.3 Å². The van der Waals surface area contributed by atoms with Crippen molar-refractivity contribution >= 4 is 34.9 Å². The third kappa shape index (κ3) is 2.99. The van der Waals surface area contributed by atoms with Crippen molar-refractivity contribution in [2.24, 2.45) is 0 Å². The van der Waals surface area contributed by atoms with Gasteiger partial charge in [0.2, 0.25) is 0 Å². The Kier molecular flexibility index (Phi) is 4.55. The highest BCUT2D eigenvalue weighted by atomic mass is 35.5. The normalized spacial score (nSPS) is 9.47. The number of halogens is 2. The molecule has 0 heterocycles. The van der Waals surface area contributed by atoms with Gasteiger partial charge in [-0.3, -0.25) is 4.79 Å². The van der Waals surface area contributed by atoms with E-state index in [4.69, 9.17) is 17.3 Å². The summed E-state index contributed by atoms with van der Waals surface area (Å²) in [4.78, 5) is 11.3. The summed E-state index contributed by atoms with van der Waals surface area (Å²) in [6, 6.07) is 14.6. The fraction of sp³-hybridized carbons (Fsp3) is 0. The van der Waals surface area contributed by atoms with Gasteiger partial charge in [0.25, 0.3) is 5.24 Å². The second kappa shape index (κ2) is 5.71. The van der Waals surface area contributed by atoms with Gasteiger partial charge in [-0.25, -0.2) is 0 Å². The van der Waals surface area contributed by atoms with Crippen LogP contribution >= 0.6 is 24.0 Å². The van der Waals surface area contributed by atoms with Gasteiger partial charge in [0.1, 0.15) is 0 Å². The summed E-state index contributed by atoms with van der Waals surface area (Å²) in [6.45, 7) is 0. The number of carbonyl (C=O) groups is 1. The zero-order valence-corrected chi connectivity index (χ0v) is 10.5. The number of nitrogen functional groups attached to an aromatic ring is 1. The minimum Gasteiger partial charge on any atom is -0.399 e. The monoisotopic (exact) mass is 267 g/mol. The molecule has 4 heteroatoms. The Morgan fingerprint density at radius 3 is 2.29 bits per heavy atom. The fourth-order valence-electron chi connectivity index (χ4n) is 1.59. The van der Waals surface area contributed by atoms with Crippen LogP contribution in [0, 0.1) is 0 Å². The maximum absolute atomic E-state index is 11.3. The molecule has 2 N–H and O–H groups in total. The van der Waals surface area contributed by atoms with Crippen LogP contribution in [0.3, 0.4) is 0 Å². The smallest absolute Gasteiger partial charge is 0.253 e. The minimum atomic E-state index is -0.473. The maximum atomic E-state index is 11.3. The summed E-state index contributed by atoms with van der Waals surface area (Å²) >= 11 is 5.53. The number of anilines is 1. The molecule has 0 aliphatic carbocycles. The molecule has 0 unspecified atom stereocenters. The van der Waals surface area contributed by atoms with E-state index in [1.807, 2.05) is 30.3 Å². The number of benzene rings is 2. The van der Waals surface area contributed by atoms with Crippen molar-refractivity contribution in [3.63, 3.8) is 0 Å². The molecule has 0 aromatic heterocycles. The molecule has 2 nitrogen and oxygen atoms in total. The van der Waals surface area contributed by atoms with Crippen LogP contribution < -0.4 is 5.73 Å². The Bertz CT molecular complexity index is 526. The van der Waals surface area contributed by atoms with Crippen LogP contribution in [0.25, 0.3) is 11.1 Å².